The molecule has 2 heteroatoms. The van der Waals surface area contributed by atoms with Gasteiger partial charge in [-0.15, -0.1) is 0 Å². The van der Waals surface area contributed by atoms with Gasteiger partial charge in [-0.3, -0.25) is 0 Å². The average molecular weight is 441 g/mol. The largest absolute Gasteiger partial charge is 0.393 e. The van der Waals surface area contributed by atoms with Crippen molar-refractivity contribution in [3.05, 3.63) is 0 Å². The maximum atomic E-state index is 10.1. The van der Waals surface area contributed by atoms with Crippen LogP contribution in [0.4, 0.5) is 0 Å². The van der Waals surface area contributed by atoms with Gasteiger partial charge in [-0.05, 0) is 25.7 Å². The van der Waals surface area contributed by atoms with E-state index in [2.05, 4.69) is 13.8 Å². The molecule has 0 aromatic heterocycles. The Morgan fingerprint density at radius 3 is 0.806 bits per heavy atom. The molecule has 0 aliphatic heterocycles. The minimum atomic E-state index is -0.0462. The molecule has 0 amide bonds. The van der Waals surface area contributed by atoms with Crippen molar-refractivity contribution in [3.63, 3.8) is 0 Å². The Labute approximate surface area is 197 Å². The van der Waals surface area contributed by atoms with Crippen LogP contribution in [0.25, 0.3) is 0 Å². The first-order chi connectivity index (χ1) is 15.2. The van der Waals surface area contributed by atoms with E-state index in [4.69, 9.17) is 0 Å². The van der Waals surface area contributed by atoms with Gasteiger partial charge in [-0.2, -0.15) is 0 Å². The Morgan fingerprint density at radius 1 is 0.323 bits per heavy atom. The monoisotopic (exact) mass is 440 g/mol. The topological polar surface area (TPSA) is 40.5 Å². The van der Waals surface area contributed by atoms with Crippen molar-refractivity contribution in [3.8, 4) is 0 Å². The van der Waals surface area contributed by atoms with Gasteiger partial charge in [0.25, 0.3) is 0 Å². The van der Waals surface area contributed by atoms with Gasteiger partial charge in [0, 0.05) is 0 Å². The standard InChI is InChI=1S/C29H60O2/c1-3-5-7-8-17-21-26-29(31)27-23-19-16-14-12-10-9-11-13-15-18-22-25-28(30)24-20-6-4-2/h28-31H,3-27H2,1-2H3/t28-,29+/m1/s1. The molecule has 0 aliphatic carbocycles. The van der Waals surface area contributed by atoms with Gasteiger partial charge in [0.05, 0.1) is 12.2 Å². The molecule has 31 heavy (non-hydrogen) atoms. The third-order valence-corrected chi connectivity index (χ3v) is 6.86. The lowest BCUT2D eigenvalue weighted by atomic mass is 10.0. The third-order valence-electron chi connectivity index (χ3n) is 6.86. The summed E-state index contributed by atoms with van der Waals surface area (Å²) in [6.45, 7) is 4.48. The molecule has 0 rings (SSSR count). The van der Waals surface area contributed by atoms with Crippen LogP contribution in [0.3, 0.4) is 0 Å². The number of aliphatic hydroxyl groups is 2. The molecule has 0 aromatic rings. The summed E-state index contributed by atoms with van der Waals surface area (Å²) >= 11 is 0. The fourth-order valence-corrected chi connectivity index (χ4v) is 4.61. The maximum absolute atomic E-state index is 10.1. The normalized spacial score (nSPS) is 13.5. The summed E-state index contributed by atoms with van der Waals surface area (Å²) in [6, 6.07) is 0. The molecule has 0 aromatic carbocycles. The molecule has 2 N–H and O–H groups in total. The Hall–Kier alpha value is -0.0800. The predicted octanol–water partition coefficient (Wildman–Crippen LogP) is 9.50. The van der Waals surface area contributed by atoms with E-state index in [9.17, 15) is 10.2 Å². The molecule has 0 saturated carbocycles. The van der Waals surface area contributed by atoms with Gasteiger partial charge >= 0.3 is 0 Å². The summed E-state index contributed by atoms with van der Waals surface area (Å²) in [5.41, 5.74) is 0. The van der Waals surface area contributed by atoms with Crippen molar-refractivity contribution in [2.24, 2.45) is 0 Å². The number of unbranched alkanes of at least 4 members (excludes halogenated alkanes) is 18. The van der Waals surface area contributed by atoms with Crippen molar-refractivity contribution in [1.82, 2.24) is 0 Å². The Kier molecular flexibility index (Phi) is 26.1. The van der Waals surface area contributed by atoms with Crippen molar-refractivity contribution in [2.45, 2.75) is 187 Å². The molecule has 0 radical (unpaired) electrons. The van der Waals surface area contributed by atoms with Crippen LogP contribution in [-0.4, -0.2) is 22.4 Å². The van der Waals surface area contributed by atoms with Crippen LogP contribution in [0.2, 0.25) is 0 Å². The molecule has 2 atom stereocenters. The van der Waals surface area contributed by atoms with Crippen LogP contribution >= 0.6 is 0 Å². The van der Waals surface area contributed by atoms with E-state index in [0.717, 1.165) is 25.7 Å². The van der Waals surface area contributed by atoms with E-state index in [1.54, 1.807) is 0 Å². The van der Waals surface area contributed by atoms with Gasteiger partial charge in [-0.25, -0.2) is 0 Å². The van der Waals surface area contributed by atoms with E-state index < -0.39 is 0 Å². The fraction of sp³-hybridized carbons (Fsp3) is 1.00. The molecular formula is C29H60O2. The molecule has 0 fully saturated rings. The van der Waals surface area contributed by atoms with Crippen LogP contribution in [0.15, 0.2) is 0 Å². The van der Waals surface area contributed by atoms with Crippen LogP contribution in [0.5, 0.6) is 0 Å². The van der Waals surface area contributed by atoms with Gasteiger partial charge in [0.2, 0.25) is 0 Å². The molecule has 0 saturated heterocycles. The van der Waals surface area contributed by atoms with Gasteiger partial charge in [-0.1, -0.05) is 149 Å². The van der Waals surface area contributed by atoms with E-state index in [1.807, 2.05) is 0 Å². The van der Waals surface area contributed by atoms with Crippen molar-refractivity contribution < 1.29 is 10.2 Å². The molecule has 0 bridgehead atoms. The van der Waals surface area contributed by atoms with E-state index in [-0.39, 0.29) is 12.2 Å². The van der Waals surface area contributed by atoms with Crippen LogP contribution in [0.1, 0.15) is 174 Å². The smallest absolute Gasteiger partial charge is 0.0540 e. The summed E-state index contributed by atoms with van der Waals surface area (Å²) in [4.78, 5) is 0. The van der Waals surface area contributed by atoms with Crippen molar-refractivity contribution >= 4 is 0 Å². The zero-order valence-electron chi connectivity index (χ0n) is 21.7. The lowest BCUT2D eigenvalue weighted by Crippen LogP contribution is -2.05. The first-order valence-corrected chi connectivity index (χ1v) is 14.6. The van der Waals surface area contributed by atoms with Crippen LogP contribution in [0, 0.1) is 0 Å². The third kappa shape index (κ3) is 26.1. The molecule has 0 heterocycles. The number of hydrogen-bond donors (Lipinski definition) is 2. The number of aliphatic hydroxyl groups excluding tert-OH is 2. The van der Waals surface area contributed by atoms with E-state index in [0.29, 0.717) is 0 Å². The molecule has 188 valence electrons. The zero-order chi connectivity index (χ0) is 22.8. The fourth-order valence-electron chi connectivity index (χ4n) is 4.61. The highest BCUT2D eigenvalue weighted by Crippen LogP contribution is 2.16. The summed E-state index contributed by atoms with van der Waals surface area (Å²) < 4.78 is 0. The molecule has 0 spiro atoms. The van der Waals surface area contributed by atoms with Gasteiger partial charge < -0.3 is 10.2 Å². The second-order valence-electron chi connectivity index (χ2n) is 10.2. The van der Waals surface area contributed by atoms with Crippen LogP contribution < -0.4 is 0 Å². The lowest BCUT2D eigenvalue weighted by molar-refractivity contribution is 0.147. The number of rotatable bonds is 26. The molecular weight excluding hydrogens is 380 g/mol. The Balaban J connectivity index is 3.16. The maximum Gasteiger partial charge on any atom is 0.0540 e. The SMILES string of the molecule is CCCCCCCC[C@H](O)CCCCCCCCCCCCCC[C@H](O)CCCCC. The summed E-state index contributed by atoms with van der Waals surface area (Å²) in [7, 11) is 0. The van der Waals surface area contributed by atoms with Gasteiger partial charge in [0.1, 0.15) is 0 Å². The minimum absolute atomic E-state index is 0.0458. The molecule has 2 nitrogen and oxygen atoms in total. The second-order valence-corrected chi connectivity index (χ2v) is 10.2. The first kappa shape index (κ1) is 30.9. The lowest BCUT2D eigenvalue weighted by Gasteiger charge is -2.10. The Bertz CT molecular complexity index is 318. The quantitative estimate of drug-likeness (QED) is 0.131. The van der Waals surface area contributed by atoms with E-state index >= 15 is 0 Å². The summed E-state index contributed by atoms with van der Waals surface area (Å²) in [5.74, 6) is 0. The summed E-state index contributed by atoms with van der Waals surface area (Å²) in [5, 5.41) is 20.0. The van der Waals surface area contributed by atoms with Crippen LogP contribution in [-0.2, 0) is 0 Å². The zero-order valence-corrected chi connectivity index (χ0v) is 21.7. The minimum Gasteiger partial charge on any atom is -0.393 e. The van der Waals surface area contributed by atoms with Crippen molar-refractivity contribution in [1.29, 1.82) is 0 Å². The Morgan fingerprint density at radius 2 is 0.516 bits per heavy atom. The first-order valence-electron chi connectivity index (χ1n) is 14.6. The summed E-state index contributed by atoms with van der Waals surface area (Å²) in [6.07, 6.45) is 31.7. The molecule has 0 unspecified atom stereocenters. The average Bonchev–Trinajstić information content (AvgIpc) is 2.76. The molecule has 0 aliphatic rings. The van der Waals surface area contributed by atoms with Crippen molar-refractivity contribution in [2.75, 3.05) is 0 Å². The second kappa shape index (κ2) is 26.2. The highest BCUT2D eigenvalue weighted by atomic mass is 16.3. The highest BCUT2D eigenvalue weighted by Gasteiger charge is 2.04. The number of hydrogen-bond acceptors (Lipinski definition) is 2. The predicted molar refractivity (Wildman–Crippen MR) is 139 cm³/mol. The van der Waals surface area contributed by atoms with Gasteiger partial charge in [0.15, 0.2) is 0 Å². The highest BCUT2D eigenvalue weighted by molar-refractivity contribution is 4.58. The van der Waals surface area contributed by atoms with E-state index in [1.165, 1.54) is 135 Å².